The van der Waals surface area contributed by atoms with Crippen LogP contribution in [0.15, 0.2) is 40.6 Å². The molecular weight excluding hydrogens is 304 g/mol. The van der Waals surface area contributed by atoms with Crippen LogP contribution in [0, 0.1) is 0 Å². The van der Waals surface area contributed by atoms with Gasteiger partial charge >= 0.3 is 6.03 Å². The molecule has 4 rings (SSSR count). The fraction of sp³-hybridized carbons (Fsp3) is 0.389. The minimum atomic E-state index is -0.709. The van der Waals surface area contributed by atoms with Crippen molar-refractivity contribution in [3.8, 4) is 0 Å². The first-order chi connectivity index (χ1) is 11.6. The molecule has 0 unspecified atom stereocenters. The molecule has 0 fully saturated rings. The molecule has 0 spiro atoms. The van der Waals surface area contributed by atoms with Gasteiger partial charge in [0.05, 0.1) is 17.3 Å². The van der Waals surface area contributed by atoms with E-state index in [2.05, 4.69) is 39.7 Å². The third kappa shape index (κ3) is 2.38. The molecule has 1 aromatic rings. The maximum absolute atomic E-state index is 12.5. The van der Waals surface area contributed by atoms with Gasteiger partial charge < -0.3 is 10.6 Å². The minimum Gasteiger partial charge on any atom is -0.366 e. The van der Waals surface area contributed by atoms with E-state index >= 15 is 0 Å². The molecule has 1 atom stereocenters. The molecule has 124 valence electrons. The second-order valence-electron chi connectivity index (χ2n) is 6.50. The Balaban J connectivity index is 1.81. The van der Waals surface area contributed by atoms with E-state index in [0.29, 0.717) is 24.1 Å². The smallest absolute Gasteiger partial charge is 0.332 e. The highest BCUT2D eigenvalue weighted by Crippen LogP contribution is 2.43. The summed E-state index contributed by atoms with van der Waals surface area (Å²) in [5.41, 5.74) is 12.6. The Bertz CT molecular complexity index is 781. The van der Waals surface area contributed by atoms with Crippen LogP contribution in [0.25, 0.3) is 0 Å². The molecule has 1 aliphatic carbocycles. The SMILES string of the molecule is NC(=O)N/N=C1/C[C@H]2c3ccccc3CCN2C2=C1C(=O)CCC2. The van der Waals surface area contributed by atoms with Crippen molar-refractivity contribution in [3.05, 3.63) is 46.7 Å². The monoisotopic (exact) mass is 324 g/mol. The average molecular weight is 324 g/mol. The highest BCUT2D eigenvalue weighted by atomic mass is 16.2. The number of hydrogen-bond acceptors (Lipinski definition) is 4. The van der Waals surface area contributed by atoms with Gasteiger partial charge in [-0.2, -0.15) is 5.10 Å². The number of nitrogens with zero attached hydrogens (tertiary/aromatic N) is 2. The van der Waals surface area contributed by atoms with E-state index in [-0.39, 0.29) is 11.8 Å². The van der Waals surface area contributed by atoms with Gasteiger partial charge in [-0.05, 0) is 30.4 Å². The molecule has 2 amide bonds. The van der Waals surface area contributed by atoms with Crippen LogP contribution in [0.3, 0.4) is 0 Å². The summed E-state index contributed by atoms with van der Waals surface area (Å²) >= 11 is 0. The first-order valence-electron chi connectivity index (χ1n) is 8.38. The van der Waals surface area contributed by atoms with E-state index in [1.54, 1.807) is 0 Å². The molecule has 0 radical (unpaired) electrons. The molecular formula is C18H20N4O2. The van der Waals surface area contributed by atoms with Crippen LogP contribution in [0.2, 0.25) is 0 Å². The second kappa shape index (κ2) is 5.78. The summed E-state index contributed by atoms with van der Waals surface area (Å²) in [6, 6.07) is 7.90. The molecule has 24 heavy (non-hydrogen) atoms. The number of nitrogens with one attached hydrogen (secondary N) is 1. The van der Waals surface area contributed by atoms with Crippen molar-refractivity contribution in [3.63, 3.8) is 0 Å². The molecule has 0 bridgehead atoms. The summed E-state index contributed by atoms with van der Waals surface area (Å²) < 4.78 is 0. The third-order valence-corrected chi connectivity index (χ3v) is 5.12. The Morgan fingerprint density at radius 2 is 2.08 bits per heavy atom. The van der Waals surface area contributed by atoms with Crippen LogP contribution in [-0.4, -0.2) is 29.0 Å². The van der Waals surface area contributed by atoms with E-state index in [9.17, 15) is 9.59 Å². The van der Waals surface area contributed by atoms with Crippen molar-refractivity contribution in [2.24, 2.45) is 10.8 Å². The predicted octanol–water partition coefficient (Wildman–Crippen LogP) is 2.02. The summed E-state index contributed by atoms with van der Waals surface area (Å²) in [5.74, 6) is 0.124. The maximum atomic E-state index is 12.5. The Morgan fingerprint density at radius 3 is 2.92 bits per heavy atom. The number of primary amides is 1. The van der Waals surface area contributed by atoms with Crippen molar-refractivity contribution in [1.29, 1.82) is 0 Å². The fourth-order valence-corrected chi connectivity index (χ4v) is 4.15. The van der Waals surface area contributed by atoms with Gasteiger partial charge in [0, 0.05) is 25.1 Å². The normalized spacial score (nSPS) is 24.3. The number of urea groups is 1. The summed E-state index contributed by atoms with van der Waals surface area (Å²) in [6.07, 6.45) is 3.91. The highest BCUT2D eigenvalue weighted by molar-refractivity contribution is 6.24. The molecule has 2 heterocycles. The number of fused-ring (bicyclic) bond motifs is 4. The number of ketones is 1. The topological polar surface area (TPSA) is 87.8 Å². The summed E-state index contributed by atoms with van der Waals surface area (Å²) in [6.45, 7) is 0.921. The number of amides is 2. The van der Waals surface area contributed by atoms with E-state index in [0.717, 1.165) is 31.5 Å². The van der Waals surface area contributed by atoms with Crippen LogP contribution in [-0.2, 0) is 11.2 Å². The molecule has 1 aromatic carbocycles. The standard InChI is InChI=1S/C18H20N4O2/c19-18(24)21-20-13-10-15-12-5-2-1-4-11(12)8-9-22(15)14-6-3-7-16(23)17(13)14/h1-2,4-5,15H,3,6-10H2,(H3,19,21,24)/b20-13-/t15-/m0/s1. The number of carbonyl (C=O) groups excluding carboxylic acids is 2. The Hall–Kier alpha value is -2.63. The second-order valence-corrected chi connectivity index (χ2v) is 6.50. The Kier molecular flexibility index (Phi) is 3.59. The Labute approximate surface area is 140 Å². The fourth-order valence-electron chi connectivity index (χ4n) is 4.15. The molecule has 3 N–H and O–H groups in total. The van der Waals surface area contributed by atoms with Crippen LogP contribution in [0.1, 0.15) is 42.9 Å². The van der Waals surface area contributed by atoms with E-state index in [1.165, 1.54) is 11.1 Å². The zero-order chi connectivity index (χ0) is 16.7. The van der Waals surface area contributed by atoms with E-state index < -0.39 is 6.03 Å². The van der Waals surface area contributed by atoms with Crippen molar-refractivity contribution in [2.75, 3.05) is 6.54 Å². The number of Topliss-reactive ketones (excluding diaryl/α,β-unsaturated/α-hetero) is 1. The van der Waals surface area contributed by atoms with E-state index in [4.69, 9.17) is 5.73 Å². The quantitative estimate of drug-likeness (QED) is 0.775. The van der Waals surface area contributed by atoms with Gasteiger partial charge in [0.1, 0.15) is 0 Å². The van der Waals surface area contributed by atoms with Crippen LogP contribution in [0.4, 0.5) is 4.79 Å². The number of rotatable bonds is 1. The Morgan fingerprint density at radius 1 is 1.25 bits per heavy atom. The molecule has 6 nitrogen and oxygen atoms in total. The maximum Gasteiger partial charge on any atom is 0.332 e. The number of nitrogens with two attached hydrogens (primary N) is 1. The van der Waals surface area contributed by atoms with Gasteiger partial charge in [0.2, 0.25) is 0 Å². The molecule has 0 saturated heterocycles. The lowest BCUT2D eigenvalue weighted by Crippen LogP contribution is -2.43. The lowest BCUT2D eigenvalue weighted by atomic mass is 9.79. The number of hydrogen-bond donors (Lipinski definition) is 2. The van der Waals surface area contributed by atoms with Gasteiger partial charge in [0.25, 0.3) is 0 Å². The first-order valence-corrected chi connectivity index (χ1v) is 8.38. The summed E-state index contributed by atoms with van der Waals surface area (Å²) in [7, 11) is 0. The zero-order valence-corrected chi connectivity index (χ0v) is 13.4. The van der Waals surface area contributed by atoms with Crippen LogP contribution >= 0.6 is 0 Å². The molecule has 0 aromatic heterocycles. The molecule has 3 aliphatic rings. The predicted molar refractivity (Wildman–Crippen MR) is 90.2 cm³/mol. The van der Waals surface area contributed by atoms with Crippen molar-refractivity contribution < 1.29 is 9.59 Å². The van der Waals surface area contributed by atoms with Crippen molar-refractivity contribution in [1.82, 2.24) is 10.3 Å². The largest absolute Gasteiger partial charge is 0.366 e. The summed E-state index contributed by atoms with van der Waals surface area (Å²) in [4.78, 5) is 25.9. The van der Waals surface area contributed by atoms with Gasteiger partial charge in [-0.15, -0.1) is 0 Å². The zero-order valence-electron chi connectivity index (χ0n) is 13.4. The first kappa shape index (κ1) is 14.9. The highest BCUT2D eigenvalue weighted by Gasteiger charge is 2.39. The van der Waals surface area contributed by atoms with Gasteiger partial charge in [-0.3, -0.25) is 4.79 Å². The number of hydrazone groups is 1. The third-order valence-electron chi connectivity index (χ3n) is 5.12. The van der Waals surface area contributed by atoms with Gasteiger partial charge in [-0.25, -0.2) is 10.2 Å². The molecule has 6 heteroatoms. The van der Waals surface area contributed by atoms with Crippen LogP contribution < -0.4 is 11.2 Å². The summed E-state index contributed by atoms with van der Waals surface area (Å²) in [5, 5.41) is 4.17. The van der Waals surface area contributed by atoms with Gasteiger partial charge in [0.15, 0.2) is 5.78 Å². The minimum absolute atomic E-state index is 0.124. The number of benzene rings is 1. The lowest BCUT2D eigenvalue weighted by molar-refractivity contribution is -0.115. The number of carbonyl (C=O) groups is 2. The van der Waals surface area contributed by atoms with E-state index in [1.807, 2.05) is 0 Å². The van der Waals surface area contributed by atoms with Crippen molar-refractivity contribution >= 4 is 17.5 Å². The lowest BCUT2D eigenvalue weighted by Gasteiger charge is -2.45. The van der Waals surface area contributed by atoms with Crippen molar-refractivity contribution in [2.45, 2.75) is 38.1 Å². The van der Waals surface area contributed by atoms with Gasteiger partial charge in [-0.1, -0.05) is 24.3 Å². The average Bonchev–Trinajstić information content (AvgIpc) is 2.59. The van der Waals surface area contributed by atoms with Crippen LogP contribution in [0.5, 0.6) is 0 Å². The molecule has 0 saturated carbocycles. The number of allylic oxidation sites excluding steroid dienone is 2. The molecule has 2 aliphatic heterocycles.